The number of thioether (sulfide) groups is 1. The van der Waals surface area contributed by atoms with Crippen LogP contribution in [0.25, 0.3) is 0 Å². The Labute approximate surface area is 172 Å². The van der Waals surface area contributed by atoms with Crippen molar-refractivity contribution in [1.29, 1.82) is 0 Å². The van der Waals surface area contributed by atoms with E-state index in [-0.39, 0.29) is 5.82 Å². The molecule has 0 bridgehead atoms. The maximum absolute atomic E-state index is 5.90. The van der Waals surface area contributed by atoms with Crippen LogP contribution in [-0.4, -0.2) is 49.0 Å². The third-order valence-electron chi connectivity index (χ3n) is 5.07. The van der Waals surface area contributed by atoms with Crippen LogP contribution in [0.1, 0.15) is 30.5 Å². The first kappa shape index (κ1) is 20.7. The molecule has 2 heterocycles. The van der Waals surface area contributed by atoms with Gasteiger partial charge in [-0.05, 0) is 48.6 Å². The van der Waals surface area contributed by atoms with E-state index in [0.29, 0.717) is 11.6 Å². The molecule has 0 unspecified atom stereocenters. The Bertz CT molecular complexity index is 820. The quantitative estimate of drug-likeness (QED) is 0.611. The number of fused-ring (bicyclic) bond motifs is 1. The van der Waals surface area contributed by atoms with Gasteiger partial charge in [-0.15, -0.1) is 11.8 Å². The molecule has 2 aliphatic heterocycles. The number of amidine groups is 2. The maximum atomic E-state index is 5.90. The molecular weight excluding hydrogens is 368 g/mol. The van der Waals surface area contributed by atoms with Gasteiger partial charge in [0.2, 0.25) is 0 Å². The van der Waals surface area contributed by atoms with Crippen molar-refractivity contribution in [2.75, 3.05) is 32.4 Å². The fourth-order valence-electron chi connectivity index (χ4n) is 3.60. The Morgan fingerprint density at radius 1 is 1.36 bits per heavy atom. The maximum Gasteiger partial charge on any atom is 0.158 e. The summed E-state index contributed by atoms with van der Waals surface area (Å²) < 4.78 is 0. The number of aliphatic imine (C=N–C) groups is 2. The van der Waals surface area contributed by atoms with Gasteiger partial charge in [-0.1, -0.05) is 19.9 Å². The Morgan fingerprint density at radius 3 is 2.82 bits per heavy atom. The van der Waals surface area contributed by atoms with E-state index in [2.05, 4.69) is 48.1 Å². The highest BCUT2D eigenvalue weighted by Crippen LogP contribution is 2.34. The predicted molar refractivity (Wildman–Crippen MR) is 120 cm³/mol. The molecule has 0 saturated heterocycles. The highest BCUT2D eigenvalue weighted by Gasteiger charge is 2.29. The van der Waals surface area contributed by atoms with Gasteiger partial charge in [-0.3, -0.25) is 4.99 Å². The first-order valence-electron chi connectivity index (χ1n) is 9.94. The van der Waals surface area contributed by atoms with Gasteiger partial charge in [0.1, 0.15) is 17.4 Å². The third kappa shape index (κ3) is 4.52. The summed E-state index contributed by atoms with van der Waals surface area (Å²) in [6.45, 7) is 9.23. The van der Waals surface area contributed by atoms with Crippen molar-refractivity contribution in [2.45, 2.75) is 38.5 Å². The normalized spacial score (nSPS) is 17.6. The number of nitrogens with one attached hydrogen (secondary N) is 1. The molecule has 0 radical (unpaired) electrons. The minimum Gasteiger partial charge on any atom is -0.384 e. The molecule has 0 aromatic heterocycles. The monoisotopic (exact) mass is 400 g/mol. The van der Waals surface area contributed by atoms with E-state index in [4.69, 9.17) is 16.5 Å². The van der Waals surface area contributed by atoms with Gasteiger partial charge in [0.15, 0.2) is 5.84 Å². The lowest BCUT2D eigenvalue weighted by atomic mass is 10.0. The molecule has 28 heavy (non-hydrogen) atoms. The molecule has 0 aliphatic carbocycles. The molecule has 5 N–H and O–H groups in total. The number of hydrogen-bond acceptors (Lipinski definition) is 6. The lowest BCUT2D eigenvalue weighted by molar-refractivity contribution is 0.509. The van der Waals surface area contributed by atoms with Crippen LogP contribution in [0, 0.1) is 12.8 Å². The highest BCUT2D eigenvalue weighted by atomic mass is 32.2. The summed E-state index contributed by atoms with van der Waals surface area (Å²) in [7, 11) is 1.77. The van der Waals surface area contributed by atoms with Crippen LogP contribution >= 0.6 is 11.8 Å². The molecule has 0 fully saturated rings. The van der Waals surface area contributed by atoms with Crippen LogP contribution < -0.4 is 16.8 Å². The number of nitrogens with zero attached hydrogens (tertiary/aromatic N) is 3. The SMILES string of the molecule is C/N=C1\C(=C(N)N)N=C(Cc2cc3c(cc2C)SCC3)N1CCNCC(C)C. The number of rotatable bonds is 7. The largest absolute Gasteiger partial charge is 0.384 e. The molecule has 7 heteroatoms. The van der Waals surface area contributed by atoms with Crippen LogP contribution in [0.15, 0.2) is 38.5 Å². The standard InChI is InChI=1S/C21H32N6S/c1-13(2)12-25-6-7-27-18(26-19(20(22)23)21(27)24-4)11-16-10-15-5-8-28-17(15)9-14(16)3/h9-10,13,25H,5-8,11-12,22-23H2,1-4H3/b24-21+. The van der Waals surface area contributed by atoms with Gasteiger partial charge < -0.3 is 21.7 Å². The first-order valence-corrected chi connectivity index (χ1v) is 10.9. The average Bonchev–Trinajstić information content (AvgIpc) is 3.22. The number of nitrogens with two attached hydrogens (primary N) is 2. The zero-order valence-electron chi connectivity index (χ0n) is 17.4. The van der Waals surface area contributed by atoms with Gasteiger partial charge in [-0.25, -0.2) is 4.99 Å². The molecule has 3 rings (SSSR count). The summed E-state index contributed by atoms with van der Waals surface area (Å²) in [5, 5.41) is 3.50. The number of hydrogen-bond donors (Lipinski definition) is 3. The van der Waals surface area contributed by atoms with Crippen molar-refractivity contribution < 1.29 is 0 Å². The fraction of sp³-hybridized carbons (Fsp3) is 0.524. The molecular formula is C21H32N6S. The minimum atomic E-state index is 0.220. The van der Waals surface area contributed by atoms with Crippen LogP contribution in [0.4, 0.5) is 0 Å². The molecule has 1 aromatic rings. The van der Waals surface area contributed by atoms with Crippen molar-refractivity contribution in [2.24, 2.45) is 27.4 Å². The van der Waals surface area contributed by atoms with Crippen molar-refractivity contribution in [3.05, 3.63) is 40.3 Å². The van der Waals surface area contributed by atoms with Crippen molar-refractivity contribution in [3.63, 3.8) is 0 Å². The summed E-state index contributed by atoms with van der Waals surface area (Å²) in [4.78, 5) is 12.8. The first-order chi connectivity index (χ1) is 13.4. The highest BCUT2D eigenvalue weighted by molar-refractivity contribution is 7.99. The van der Waals surface area contributed by atoms with E-state index in [1.54, 1.807) is 7.05 Å². The second-order valence-corrected chi connectivity index (χ2v) is 8.93. The number of benzene rings is 1. The predicted octanol–water partition coefficient (Wildman–Crippen LogP) is 2.26. The molecule has 0 spiro atoms. The lowest BCUT2D eigenvalue weighted by Crippen LogP contribution is -2.40. The van der Waals surface area contributed by atoms with Gasteiger partial charge in [-0.2, -0.15) is 0 Å². The molecule has 152 valence electrons. The Hall–Kier alpha value is -1.99. The molecule has 1 aromatic carbocycles. The lowest BCUT2D eigenvalue weighted by Gasteiger charge is -2.22. The zero-order chi connectivity index (χ0) is 20.3. The smallest absolute Gasteiger partial charge is 0.158 e. The third-order valence-corrected chi connectivity index (χ3v) is 6.17. The summed E-state index contributed by atoms with van der Waals surface area (Å²) >= 11 is 1.95. The number of aryl methyl sites for hydroxylation is 2. The van der Waals surface area contributed by atoms with Gasteiger partial charge in [0.25, 0.3) is 0 Å². The van der Waals surface area contributed by atoms with Crippen molar-refractivity contribution in [1.82, 2.24) is 10.2 Å². The molecule has 0 amide bonds. The average molecular weight is 401 g/mol. The van der Waals surface area contributed by atoms with Crippen molar-refractivity contribution >= 4 is 23.4 Å². The van der Waals surface area contributed by atoms with Crippen molar-refractivity contribution in [3.8, 4) is 0 Å². The van der Waals surface area contributed by atoms with Crippen LogP contribution in [0.5, 0.6) is 0 Å². The molecule has 0 saturated carbocycles. The summed E-state index contributed by atoms with van der Waals surface area (Å²) in [6, 6.07) is 4.66. The second-order valence-electron chi connectivity index (χ2n) is 7.79. The zero-order valence-corrected chi connectivity index (χ0v) is 18.2. The molecule has 2 aliphatic rings. The second kappa shape index (κ2) is 9.01. The fourth-order valence-corrected chi connectivity index (χ4v) is 4.75. The van der Waals surface area contributed by atoms with E-state index in [0.717, 1.165) is 44.1 Å². The Morgan fingerprint density at radius 2 is 2.14 bits per heavy atom. The summed E-state index contributed by atoms with van der Waals surface area (Å²) in [5.41, 5.74) is 16.5. The van der Waals surface area contributed by atoms with E-state index in [1.165, 1.54) is 27.3 Å². The van der Waals surface area contributed by atoms with E-state index < -0.39 is 0 Å². The summed E-state index contributed by atoms with van der Waals surface area (Å²) in [5.74, 6) is 3.74. The Balaban J connectivity index is 1.83. The molecule has 0 atom stereocenters. The van der Waals surface area contributed by atoms with Gasteiger partial charge >= 0.3 is 0 Å². The van der Waals surface area contributed by atoms with Gasteiger partial charge in [0.05, 0.1) is 0 Å². The summed E-state index contributed by atoms with van der Waals surface area (Å²) in [6.07, 6.45) is 1.90. The molecule has 6 nitrogen and oxygen atoms in total. The van der Waals surface area contributed by atoms with E-state index in [1.807, 2.05) is 11.8 Å². The minimum absolute atomic E-state index is 0.220. The van der Waals surface area contributed by atoms with E-state index in [9.17, 15) is 0 Å². The topological polar surface area (TPSA) is 92.0 Å². The van der Waals surface area contributed by atoms with Crippen LogP contribution in [0.3, 0.4) is 0 Å². The van der Waals surface area contributed by atoms with E-state index >= 15 is 0 Å². The van der Waals surface area contributed by atoms with Gasteiger partial charge in [0, 0.05) is 37.2 Å². The Kier molecular flexibility index (Phi) is 6.67. The van der Waals surface area contributed by atoms with Crippen LogP contribution in [0.2, 0.25) is 0 Å². The van der Waals surface area contributed by atoms with Crippen LogP contribution in [-0.2, 0) is 12.8 Å².